The minimum Gasteiger partial charge on any atom is -0.313 e. The van der Waals surface area contributed by atoms with Gasteiger partial charge in [0, 0.05) is 17.6 Å². The van der Waals surface area contributed by atoms with Crippen LogP contribution in [0, 0.1) is 6.92 Å². The highest BCUT2D eigenvalue weighted by atomic mass is 14.8. The molecular formula is C16H22N2. The summed E-state index contributed by atoms with van der Waals surface area (Å²) in [7, 11) is 0. The fourth-order valence-electron chi connectivity index (χ4n) is 2.35. The second-order valence-electron chi connectivity index (χ2n) is 4.77. The van der Waals surface area contributed by atoms with Gasteiger partial charge in [-0.1, -0.05) is 32.0 Å². The molecule has 18 heavy (non-hydrogen) atoms. The average molecular weight is 242 g/mol. The summed E-state index contributed by atoms with van der Waals surface area (Å²) in [5.41, 5.74) is 4.99. The van der Waals surface area contributed by atoms with Crippen LogP contribution in [0.4, 0.5) is 0 Å². The molecule has 2 aromatic rings. The van der Waals surface area contributed by atoms with E-state index in [0.29, 0.717) is 0 Å². The third kappa shape index (κ3) is 2.70. The molecule has 1 aromatic carbocycles. The molecule has 0 amide bonds. The van der Waals surface area contributed by atoms with Crippen LogP contribution >= 0.6 is 0 Å². The zero-order valence-electron chi connectivity index (χ0n) is 11.6. The van der Waals surface area contributed by atoms with Crippen LogP contribution in [-0.2, 0) is 13.0 Å². The molecule has 0 radical (unpaired) electrons. The van der Waals surface area contributed by atoms with Gasteiger partial charge in [0.15, 0.2) is 0 Å². The van der Waals surface area contributed by atoms with E-state index in [9.17, 15) is 0 Å². The minimum atomic E-state index is 0.931. The Morgan fingerprint density at radius 1 is 1.17 bits per heavy atom. The number of hydrogen-bond donors (Lipinski definition) is 1. The third-order valence-electron chi connectivity index (χ3n) is 3.26. The fraction of sp³-hybridized carbons (Fsp3) is 0.438. The molecule has 1 heterocycles. The van der Waals surface area contributed by atoms with Crippen molar-refractivity contribution in [3.63, 3.8) is 0 Å². The largest absolute Gasteiger partial charge is 0.313 e. The van der Waals surface area contributed by atoms with Crippen molar-refractivity contribution in [2.45, 2.75) is 40.2 Å². The van der Waals surface area contributed by atoms with Crippen LogP contribution in [0.2, 0.25) is 0 Å². The average Bonchev–Trinajstić information content (AvgIpc) is 2.38. The smallest absolute Gasteiger partial charge is 0.0740 e. The molecule has 0 aliphatic rings. The van der Waals surface area contributed by atoms with Gasteiger partial charge in [0.05, 0.1) is 5.52 Å². The Bertz CT molecular complexity index is 532. The molecule has 0 spiro atoms. The Kier molecular flexibility index (Phi) is 4.32. The summed E-state index contributed by atoms with van der Waals surface area (Å²) in [6.07, 6.45) is 2.21. The maximum Gasteiger partial charge on any atom is 0.0740 e. The maximum absolute atomic E-state index is 4.71. The van der Waals surface area contributed by atoms with Crippen LogP contribution in [-0.4, -0.2) is 11.5 Å². The lowest BCUT2D eigenvalue weighted by molar-refractivity contribution is 0.677. The number of hydrogen-bond acceptors (Lipinski definition) is 2. The molecule has 2 nitrogen and oxygen atoms in total. The summed E-state index contributed by atoms with van der Waals surface area (Å²) in [4.78, 5) is 4.71. The van der Waals surface area contributed by atoms with Gasteiger partial charge in [-0.2, -0.15) is 0 Å². The molecule has 0 saturated carbocycles. The van der Waals surface area contributed by atoms with Gasteiger partial charge in [-0.3, -0.25) is 4.98 Å². The number of para-hydroxylation sites is 1. The molecule has 2 heteroatoms. The van der Waals surface area contributed by atoms with Crippen LogP contribution < -0.4 is 5.32 Å². The molecule has 0 fully saturated rings. The number of aryl methyl sites for hydroxylation is 2. The quantitative estimate of drug-likeness (QED) is 0.810. The molecular weight excluding hydrogens is 220 g/mol. The molecule has 0 unspecified atom stereocenters. The molecule has 0 saturated heterocycles. The fourth-order valence-corrected chi connectivity index (χ4v) is 2.35. The van der Waals surface area contributed by atoms with Gasteiger partial charge in [-0.25, -0.2) is 0 Å². The maximum atomic E-state index is 4.71. The molecule has 96 valence electrons. The van der Waals surface area contributed by atoms with Gasteiger partial charge in [0.2, 0.25) is 0 Å². The van der Waals surface area contributed by atoms with E-state index in [0.717, 1.165) is 25.2 Å². The molecule has 0 aliphatic heterocycles. The summed E-state index contributed by atoms with van der Waals surface area (Å²) in [6, 6.07) is 8.70. The van der Waals surface area contributed by atoms with Crippen LogP contribution in [0.1, 0.15) is 37.1 Å². The van der Waals surface area contributed by atoms with Gasteiger partial charge in [0.1, 0.15) is 0 Å². The van der Waals surface area contributed by atoms with E-state index in [4.69, 9.17) is 4.98 Å². The van der Waals surface area contributed by atoms with E-state index in [1.807, 2.05) is 0 Å². The van der Waals surface area contributed by atoms with E-state index in [1.54, 1.807) is 0 Å². The monoisotopic (exact) mass is 242 g/mol. The van der Waals surface area contributed by atoms with Crippen LogP contribution in [0.25, 0.3) is 10.9 Å². The van der Waals surface area contributed by atoms with E-state index >= 15 is 0 Å². The Hall–Kier alpha value is -1.41. The van der Waals surface area contributed by atoms with Crippen LogP contribution in [0.3, 0.4) is 0 Å². The number of aromatic nitrogens is 1. The lowest BCUT2D eigenvalue weighted by Gasteiger charge is -2.11. The van der Waals surface area contributed by atoms with Gasteiger partial charge in [-0.05, 0) is 43.5 Å². The molecule has 1 aromatic heterocycles. The highest BCUT2D eigenvalue weighted by Crippen LogP contribution is 2.22. The minimum absolute atomic E-state index is 0.931. The number of nitrogens with zero attached hydrogens (tertiary/aromatic N) is 1. The van der Waals surface area contributed by atoms with Crippen molar-refractivity contribution in [3.05, 3.63) is 41.1 Å². The normalized spacial score (nSPS) is 11.1. The van der Waals surface area contributed by atoms with Crippen molar-refractivity contribution in [1.82, 2.24) is 10.3 Å². The number of fused-ring (bicyclic) bond motifs is 1. The topological polar surface area (TPSA) is 24.9 Å². The highest BCUT2D eigenvalue weighted by molar-refractivity contribution is 5.85. The Morgan fingerprint density at radius 3 is 2.72 bits per heavy atom. The lowest BCUT2D eigenvalue weighted by atomic mass is 10.0. The summed E-state index contributed by atoms with van der Waals surface area (Å²) < 4.78 is 0. The van der Waals surface area contributed by atoms with Crippen molar-refractivity contribution < 1.29 is 0 Å². The SMILES string of the molecule is CCCNCc1cc(C)nc2c(CC)cccc12. The molecule has 1 N–H and O–H groups in total. The van der Waals surface area contributed by atoms with Crippen molar-refractivity contribution >= 4 is 10.9 Å². The molecule has 0 bridgehead atoms. The first-order valence-electron chi connectivity index (χ1n) is 6.85. The Balaban J connectivity index is 2.45. The number of pyridine rings is 1. The predicted octanol–water partition coefficient (Wildman–Crippen LogP) is 3.61. The molecule has 2 rings (SSSR count). The van der Waals surface area contributed by atoms with Crippen molar-refractivity contribution in [3.8, 4) is 0 Å². The van der Waals surface area contributed by atoms with Crippen molar-refractivity contribution in [1.29, 1.82) is 0 Å². The predicted molar refractivity (Wildman–Crippen MR) is 77.9 cm³/mol. The van der Waals surface area contributed by atoms with Gasteiger partial charge >= 0.3 is 0 Å². The first-order chi connectivity index (χ1) is 8.76. The standard InChI is InChI=1S/C16H22N2/c1-4-9-17-11-14-10-12(3)18-16-13(5-2)7-6-8-15(14)16/h6-8,10,17H,4-5,9,11H2,1-3H3. The lowest BCUT2D eigenvalue weighted by Crippen LogP contribution is -2.14. The van der Waals surface area contributed by atoms with E-state index in [2.05, 4.69) is 50.4 Å². The van der Waals surface area contributed by atoms with Crippen LogP contribution in [0.5, 0.6) is 0 Å². The Morgan fingerprint density at radius 2 is 2.00 bits per heavy atom. The van der Waals surface area contributed by atoms with Crippen molar-refractivity contribution in [2.75, 3.05) is 6.54 Å². The first-order valence-corrected chi connectivity index (χ1v) is 6.85. The summed E-state index contributed by atoms with van der Waals surface area (Å²) in [6.45, 7) is 8.46. The molecule has 0 atom stereocenters. The summed E-state index contributed by atoms with van der Waals surface area (Å²) in [5.74, 6) is 0. The van der Waals surface area contributed by atoms with E-state index in [1.165, 1.54) is 28.5 Å². The van der Waals surface area contributed by atoms with Crippen LogP contribution in [0.15, 0.2) is 24.3 Å². The third-order valence-corrected chi connectivity index (χ3v) is 3.26. The number of benzene rings is 1. The van der Waals surface area contributed by atoms with Crippen molar-refractivity contribution in [2.24, 2.45) is 0 Å². The molecule has 0 aliphatic carbocycles. The van der Waals surface area contributed by atoms with E-state index < -0.39 is 0 Å². The number of rotatable bonds is 5. The Labute approximate surface area is 109 Å². The van der Waals surface area contributed by atoms with Gasteiger partial charge < -0.3 is 5.32 Å². The van der Waals surface area contributed by atoms with Gasteiger partial charge in [0.25, 0.3) is 0 Å². The number of nitrogens with one attached hydrogen (secondary N) is 1. The highest BCUT2D eigenvalue weighted by Gasteiger charge is 2.06. The summed E-state index contributed by atoms with van der Waals surface area (Å²) in [5, 5.41) is 4.78. The zero-order valence-corrected chi connectivity index (χ0v) is 11.6. The zero-order chi connectivity index (χ0) is 13.0. The summed E-state index contributed by atoms with van der Waals surface area (Å²) >= 11 is 0. The second kappa shape index (κ2) is 5.96. The van der Waals surface area contributed by atoms with E-state index in [-0.39, 0.29) is 0 Å². The van der Waals surface area contributed by atoms with Gasteiger partial charge in [-0.15, -0.1) is 0 Å². The second-order valence-corrected chi connectivity index (χ2v) is 4.77. The first kappa shape index (κ1) is 13.0.